The number of anilines is 1. The Morgan fingerprint density at radius 1 is 0.760 bits per heavy atom. The monoisotopic (exact) mass is 349 g/mol. The van der Waals surface area contributed by atoms with Crippen LogP contribution in [0.3, 0.4) is 0 Å². The fourth-order valence-electron chi connectivity index (χ4n) is 2.41. The summed E-state index contributed by atoms with van der Waals surface area (Å²) in [5.74, 6) is 0. The summed E-state index contributed by atoms with van der Waals surface area (Å²) < 4.78 is 27.9. The van der Waals surface area contributed by atoms with Crippen LogP contribution in [0.5, 0.6) is 0 Å². The molecule has 3 nitrogen and oxygen atoms in total. The first-order valence-corrected chi connectivity index (χ1v) is 9.44. The summed E-state index contributed by atoms with van der Waals surface area (Å²) in [5.41, 5.74) is 3.43. The van der Waals surface area contributed by atoms with Crippen molar-refractivity contribution in [3.8, 4) is 0 Å². The van der Waals surface area contributed by atoms with Crippen LogP contribution >= 0.6 is 0 Å². The average Bonchev–Trinajstić information content (AvgIpc) is 2.62. The zero-order chi connectivity index (χ0) is 17.7. The van der Waals surface area contributed by atoms with E-state index in [0.29, 0.717) is 5.69 Å². The standard InChI is InChI=1S/C21H19NO2S/c1-17-11-15-20(16-12-17)25(23,24)22-21-10-6-5-9-19(21)14-13-18-7-3-2-4-8-18/h2-16,22H,1H3. The van der Waals surface area contributed by atoms with Gasteiger partial charge in [-0.2, -0.15) is 0 Å². The third kappa shape index (κ3) is 4.37. The number of aryl methyl sites for hydroxylation is 1. The van der Waals surface area contributed by atoms with Crippen molar-refractivity contribution < 1.29 is 8.42 Å². The van der Waals surface area contributed by atoms with Crippen molar-refractivity contribution in [2.24, 2.45) is 0 Å². The minimum atomic E-state index is -3.62. The Morgan fingerprint density at radius 3 is 2.12 bits per heavy atom. The number of hydrogen-bond acceptors (Lipinski definition) is 2. The highest BCUT2D eigenvalue weighted by atomic mass is 32.2. The van der Waals surface area contributed by atoms with E-state index in [0.717, 1.165) is 16.7 Å². The molecule has 0 saturated heterocycles. The molecule has 3 rings (SSSR count). The predicted octanol–water partition coefficient (Wildman–Crippen LogP) is 4.97. The molecule has 126 valence electrons. The van der Waals surface area contributed by atoms with Crippen LogP contribution in [0.2, 0.25) is 0 Å². The van der Waals surface area contributed by atoms with Gasteiger partial charge in [-0.05, 0) is 36.2 Å². The molecule has 0 radical (unpaired) electrons. The highest BCUT2D eigenvalue weighted by Gasteiger charge is 2.14. The summed E-state index contributed by atoms with van der Waals surface area (Å²) in [6.45, 7) is 1.92. The summed E-state index contributed by atoms with van der Waals surface area (Å²) in [7, 11) is -3.62. The fourth-order valence-corrected chi connectivity index (χ4v) is 3.49. The summed E-state index contributed by atoms with van der Waals surface area (Å²) in [5, 5.41) is 0. The molecule has 0 aliphatic heterocycles. The molecule has 0 atom stereocenters. The van der Waals surface area contributed by atoms with Gasteiger partial charge in [0.1, 0.15) is 0 Å². The second kappa shape index (κ2) is 7.36. The number of nitrogens with one attached hydrogen (secondary N) is 1. The first-order chi connectivity index (χ1) is 12.0. The molecule has 0 amide bonds. The van der Waals surface area contributed by atoms with E-state index in [1.165, 1.54) is 0 Å². The Hall–Kier alpha value is -2.85. The largest absolute Gasteiger partial charge is 0.279 e. The van der Waals surface area contributed by atoms with Crippen molar-refractivity contribution in [1.29, 1.82) is 0 Å². The minimum absolute atomic E-state index is 0.250. The third-order valence-electron chi connectivity index (χ3n) is 3.79. The zero-order valence-corrected chi connectivity index (χ0v) is 14.7. The van der Waals surface area contributed by atoms with Gasteiger partial charge in [-0.15, -0.1) is 0 Å². The van der Waals surface area contributed by atoms with Crippen LogP contribution < -0.4 is 4.72 Å². The van der Waals surface area contributed by atoms with E-state index >= 15 is 0 Å². The van der Waals surface area contributed by atoms with Crippen molar-refractivity contribution in [2.45, 2.75) is 11.8 Å². The van der Waals surface area contributed by atoms with Crippen molar-refractivity contribution in [2.75, 3.05) is 4.72 Å². The Kier molecular flexibility index (Phi) is 5.00. The van der Waals surface area contributed by atoms with Crippen molar-refractivity contribution in [3.05, 3.63) is 95.6 Å². The van der Waals surface area contributed by atoms with Crippen LogP contribution in [0.15, 0.2) is 83.8 Å². The highest BCUT2D eigenvalue weighted by molar-refractivity contribution is 7.92. The Labute approximate surface area is 148 Å². The molecular formula is C21H19NO2S. The molecule has 0 saturated carbocycles. The van der Waals surface area contributed by atoms with E-state index in [1.807, 2.05) is 67.6 Å². The maximum Gasteiger partial charge on any atom is 0.261 e. The minimum Gasteiger partial charge on any atom is -0.279 e. The van der Waals surface area contributed by atoms with Crippen molar-refractivity contribution >= 4 is 27.9 Å². The molecule has 3 aromatic rings. The molecule has 1 N–H and O–H groups in total. The summed E-state index contributed by atoms with van der Waals surface area (Å²) in [4.78, 5) is 0.250. The lowest BCUT2D eigenvalue weighted by Gasteiger charge is -2.11. The normalized spacial score (nSPS) is 11.6. The zero-order valence-electron chi connectivity index (χ0n) is 13.9. The van der Waals surface area contributed by atoms with E-state index in [4.69, 9.17) is 0 Å². The van der Waals surface area contributed by atoms with Gasteiger partial charge >= 0.3 is 0 Å². The number of para-hydroxylation sites is 1. The van der Waals surface area contributed by atoms with E-state index < -0.39 is 10.0 Å². The molecule has 25 heavy (non-hydrogen) atoms. The van der Waals surface area contributed by atoms with E-state index in [-0.39, 0.29) is 4.90 Å². The van der Waals surface area contributed by atoms with Crippen LogP contribution in [0.25, 0.3) is 12.2 Å². The number of benzene rings is 3. The van der Waals surface area contributed by atoms with Gasteiger partial charge in [0.25, 0.3) is 10.0 Å². The van der Waals surface area contributed by atoms with Crippen LogP contribution in [0.4, 0.5) is 5.69 Å². The molecular weight excluding hydrogens is 330 g/mol. The van der Waals surface area contributed by atoms with Crippen LogP contribution in [-0.2, 0) is 10.0 Å². The molecule has 0 aliphatic carbocycles. The summed E-state index contributed by atoms with van der Waals surface area (Å²) >= 11 is 0. The first kappa shape index (κ1) is 17.0. The van der Waals surface area contributed by atoms with Gasteiger partial charge in [0.05, 0.1) is 10.6 Å². The molecule has 0 fully saturated rings. The van der Waals surface area contributed by atoms with Crippen LogP contribution in [-0.4, -0.2) is 8.42 Å². The van der Waals surface area contributed by atoms with Gasteiger partial charge in [-0.25, -0.2) is 8.42 Å². The van der Waals surface area contributed by atoms with Crippen molar-refractivity contribution in [3.63, 3.8) is 0 Å². The van der Waals surface area contributed by atoms with Gasteiger partial charge in [0.2, 0.25) is 0 Å². The Morgan fingerprint density at radius 2 is 1.40 bits per heavy atom. The summed E-state index contributed by atoms with van der Waals surface area (Å²) in [6, 6.07) is 24.0. The van der Waals surface area contributed by atoms with Gasteiger partial charge < -0.3 is 0 Å². The average molecular weight is 349 g/mol. The van der Waals surface area contributed by atoms with Gasteiger partial charge in [0, 0.05) is 0 Å². The quantitative estimate of drug-likeness (QED) is 0.661. The number of sulfonamides is 1. The molecule has 0 unspecified atom stereocenters. The van der Waals surface area contributed by atoms with Gasteiger partial charge in [-0.1, -0.05) is 78.4 Å². The maximum atomic E-state index is 12.6. The SMILES string of the molecule is Cc1ccc(S(=O)(=O)Nc2ccccc2C=Cc2ccccc2)cc1. The lowest BCUT2D eigenvalue weighted by molar-refractivity contribution is 0.601. The van der Waals surface area contributed by atoms with Crippen molar-refractivity contribution in [1.82, 2.24) is 0 Å². The highest BCUT2D eigenvalue weighted by Crippen LogP contribution is 2.22. The predicted molar refractivity (Wildman–Crippen MR) is 104 cm³/mol. The third-order valence-corrected chi connectivity index (χ3v) is 5.17. The maximum absolute atomic E-state index is 12.6. The van der Waals surface area contributed by atoms with E-state index in [1.54, 1.807) is 30.3 Å². The molecule has 0 aliphatic rings. The van der Waals surface area contributed by atoms with Gasteiger partial charge in [-0.3, -0.25) is 4.72 Å². The lowest BCUT2D eigenvalue weighted by Crippen LogP contribution is -2.13. The van der Waals surface area contributed by atoms with Crippen LogP contribution in [0, 0.1) is 6.92 Å². The van der Waals surface area contributed by atoms with Gasteiger partial charge in [0.15, 0.2) is 0 Å². The molecule has 0 spiro atoms. The molecule has 4 heteroatoms. The topological polar surface area (TPSA) is 46.2 Å². The Balaban J connectivity index is 1.88. The smallest absolute Gasteiger partial charge is 0.261 e. The van der Waals surface area contributed by atoms with E-state index in [2.05, 4.69) is 4.72 Å². The number of hydrogen-bond donors (Lipinski definition) is 1. The molecule has 0 bridgehead atoms. The summed E-state index contributed by atoms with van der Waals surface area (Å²) in [6.07, 6.45) is 3.86. The second-order valence-electron chi connectivity index (χ2n) is 5.75. The first-order valence-electron chi connectivity index (χ1n) is 7.96. The lowest BCUT2D eigenvalue weighted by atomic mass is 10.1. The Bertz CT molecular complexity index is 976. The number of rotatable bonds is 5. The molecule has 0 heterocycles. The fraction of sp³-hybridized carbons (Fsp3) is 0.0476. The van der Waals surface area contributed by atoms with E-state index in [9.17, 15) is 8.42 Å². The second-order valence-corrected chi connectivity index (χ2v) is 7.43. The van der Waals surface area contributed by atoms with Crippen LogP contribution in [0.1, 0.15) is 16.7 Å². The molecule has 0 aromatic heterocycles. The molecule has 3 aromatic carbocycles.